The summed E-state index contributed by atoms with van der Waals surface area (Å²) in [5, 5.41) is 11.4. The van der Waals surface area contributed by atoms with Gasteiger partial charge in [-0.05, 0) is 25.7 Å². The second-order valence-corrected chi connectivity index (χ2v) is 5.48. The van der Waals surface area contributed by atoms with E-state index in [1.165, 1.54) is 18.2 Å². The van der Waals surface area contributed by atoms with E-state index in [4.69, 9.17) is 5.11 Å². The minimum Gasteiger partial charge on any atom is -0.396 e. The Bertz CT molecular complexity index is 307. The molecule has 2 fully saturated rings. The van der Waals surface area contributed by atoms with Gasteiger partial charge in [0.05, 0.1) is 0 Å². The third kappa shape index (κ3) is 2.93. The average Bonchev–Trinajstić information content (AvgIpc) is 2.67. The molecule has 1 atom stereocenters. The van der Waals surface area contributed by atoms with Gasteiger partial charge in [-0.1, -0.05) is 11.8 Å². The average molecular weight is 258 g/mol. The first-order valence-electron chi connectivity index (χ1n) is 6.07. The summed E-state index contributed by atoms with van der Waals surface area (Å²) in [7, 11) is 0. The van der Waals surface area contributed by atoms with E-state index in [0.717, 1.165) is 12.8 Å². The summed E-state index contributed by atoms with van der Waals surface area (Å²) >= 11 is 1.17. The minimum absolute atomic E-state index is 0.0153. The topological polar surface area (TPSA) is 69.6 Å². The van der Waals surface area contributed by atoms with Crippen LogP contribution >= 0.6 is 11.8 Å². The van der Waals surface area contributed by atoms with Crippen LogP contribution in [-0.2, 0) is 4.79 Å². The molecule has 1 saturated heterocycles. The highest BCUT2D eigenvalue weighted by Crippen LogP contribution is 2.26. The number of thioether (sulfide) groups is 1. The number of hydrogen-bond donors (Lipinski definition) is 2. The van der Waals surface area contributed by atoms with Crippen molar-refractivity contribution in [1.29, 1.82) is 0 Å². The summed E-state index contributed by atoms with van der Waals surface area (Å²) in [5.74, 6) is 0.543. The van der Waals surface area contributed by atoms with E-state index in [2.05, 4.69) is 5.32 Å². The van der Waals surface area contributed by atoms with Crippen LogP contribution in [0, 0.1) is 0 Å². The first kappa shape index (κ1) is 12.7. The lowest BCUT2D eigenvalue weighted by molar-refractivity contribution is -0.136. The highest BCUT2D eigenvalue weighted by molar-refractivity contribution is 8.14. The molecule has 0 radical (unpaired) electrons. The summed E-state index contributed by atoms with van der Waals surface area (Å²) in [6.07, 6.45) is 3.87. The molecule has 1 aliphatic heterocycles. The van der Waals surface area contributed by atoms with E-state index in [1.807, 2.05) is 4.90 Å². The van der Waals surface area contributed by atoms with Gasteiger partial charge in [0.2, 0.25) is 5.91 Å². The Morgan fingerprint density at radius 1 is 1.53 bits per heavy atom. The predicted molar refractivity (Wildman–Crippen MR) is 65.8 cm³/mol. The number of aliphatic hydroxyl groups is 1. The van der Waals surface area contributed by atoms with E-state index < -0.39 is 0 Å². The molecule has 1 aliphatic carbocycles. The maximum absolute atomic E-state index is 12.2. The van der Waals surface area contributed by atoms with Crippen LogP contribution in [0.15, 0.2) is 0 Å². The minimum atomic E-state index is -0.369. The Hall–Kier alpha value is -0.750. The lowest BCUT2D eigenvalue weighted by atomic mass is 9.91. The van der Waals surface area contributed by atoms with Gasteiger partial charge in [0.1, 0.15) is 6.04 Å². The molecule has 5 nitrogen and oxygen atoms in total. The highest BCUT2D eigenvalue weighted by atomic mass is 32.2. The zero-order valence-corrected chi connectivity index (χ0v) is 10.5. The van der Waals surface area contributed by atoms with Crippen LogP contribution in [0.25, 0.3) is 0 Å². The van der Waals surface area contributed by atoms with Crippen LogP contribution in [0.3, 0.4) is 0 Å². The van der Waals surface area contributed by atoms with Crippen LogP contribution in [-0.4, -0.2) is 52.1 Å². The van der Waals surface area contributed by atoms with Crippen LogP contribution in [0.5, 0.6) is 0 Å². The largest absolute Gasteiger partial charge is 0.396 e. The SMILES string of the molecule is O=C1NC(C(=O)N(CCCO)C2CCC2)CS1. The van der Waals surface area contributed by atoms with Gasteiger partial charge < -0.3 is 15.3 Å². The fourth-order valence-electron chi connectivity index (χ4n) is 2.13. The maximum Gasteiger partial charge on any atom is 0.279 e. The maximum atomic E-state index is 12.2. The molecule has 0 aromatic carbocycles. The van der Waals surface area contributed by atoms with Gasteiger partial charge in [0.25, 0.3) is 5.24 Å². The summed E-state index contributed by atoms with van der Waals surface area (Å²) in [4.78, 5) is 25.2. The summed E-state index contributed by atoms with van der Waals surface area (Å²) in [5.41, 5.74) is 0. The fraction of sp³-hybridized carbons (Fsp3) is 0.818. The molecule has 1 unspecified atom stereocenters. The molecule has 1 heterocycles. The predicted octanol–water partition coefficient (Wildman–Crippen LogP) is 0.575. The van der Waals surface area contributed by atoms with E-state index >= 15 is 0 Å². The van der Waals surface area contributed by atoms with Crippen LogP contribution < -0.4 is 5.32 Å². The van der Waals surface area contributed by atoms with Crippen molar-refractivity contribution in [2.24, 2.45) is 0 Å². The van der Waals surface area contributed by atoms with Crippen molar-refractivity contribution in [2.75, 3.05) is 18.9 Å². The van der Waals surface area contributed by atoms with Gasteiger partial charge in [-0.2, -0.15) is 0 Å². The number of nitrogens with zero attached hydrogens (tertiary/aromatic N) is 1. The summed E-state index contributed by atoms with van der Waals surface area (Å²) in [6.45, 7) is 0.694. The van der Waals surface area contributed by atoms with Crippen LogP contribution in [0.1, 0.15) is 25.7 Å². The molecule has 17 heavy (non-hydrogen) atoms. The number of aliphatic hydroxyl groups excluding tert-OH is 1. The monoisotopic (exact) mass is 258 g/mol. The molecule has 2 aliphatic rings. The van der Waals surface area contributed by atoms with E-state index in [0.29, 0.717) is 24.8 Å². The van der Waals surface area contributed by atoms with Gasteiger partial charge in [0, 0.05) is 24.9 Å². The second-order valence-electron chi connectivity index (χ2n) is 4.49. The number of amides is 2. The lowest BCUT2D eigenvalue weighted by Crippen LogP contribution is -2.52. The number of nitrogens with one attached hydrogen (secondary N) is 1. The Morgan fingerprint density at radius 3 is 2.76 bits per heavy atom. The molecule has 1 saturated carbocycles. The Balaban J connectivity index is 1.93. The van der Waals surface area contributed by atoms with Gasteiger partial charge in [-0.25, -0.2) is 0 Å². The van der Waals surface area contributed by atoms with Gasteiger partial charge >= 0.3 is 0 Å². The summed E-state index contributed by atoms with van der Waals surface area (Å²) in [6, 6.07) is -0.0525. The van der Waals surface area contributed by atoms with Crippen molar-refractivity contribution in [1.82, 2.24) is 10.2 Å². The standard InChI is InChI=1S/C11H18N2O3S/c14-6-2-5-13(8-3-1-4-8)10(15)9-7-17-11(16)12-9/h8-9,14H,1-7H2,(H,12,16). The molecule has 2 N–H and O–H groups in total. The molecule has 0 bridgehead atoms. The molecule has 6 heteroatoms. The van der Waals surface area contributed by atoms with Crippen LogP contribution in [0.4, 0.5) is 4.79 Å². The number of carbonyl (C=O) groups is 2. The fourth-order valence-corrected chi connectivity index (χ4v) is 2.90. The zero-order valence-electron chi connectivity index (χ0n) is 9.72. The summed E-state index contributed by atoms with van der Waals surface area (Å²) < 4.78 is 0. The Labute approximate surface area is 105 Å². The van der Waals surface area contributed by atoms with Gasteiger partial charge in [0.15, 0.2) is 0 Å². The molecule has 0 aromatic heterocycles. The van der Waals surface area contributed by atoms with Crippen molar-refractivity contribution in [2.45, 2.75) is 37.8 Å². The molecule has 0 spiro atoms. The quantitative estimate of drug-likeness (QED) is 0.756. The number of carbonyl (C=O) groups excluding carboxylic acids is 2. The van der Waals surface area contributed by atoms with Crippen molar-refractivity contribution in [3.63, 3.8) is 0 Å². The lowest BCUT2D eigenvalue weighted by Gasteiger charge is -2.38. The van der Waals surface area contributed by atoms with E-state index in [-0.39, 0.29) is 23.8 Å². The van der Waals surface area contributed by atoms with Gasteiger partial charge in [-0.3, -0.25) is 9.59 Å². The molecular weight excluding hydrogens is 240 g/mol. The Morgan fingerprint density at radius 2 is 2.29 bits per heavy atom. The van der Waals surface area contributed by atoms with Crippen molar-refractivity contribution >= 4 is 22.9 Å². The van der Waals surface area contributed by atoms with Gasteiger partial charge in [-0.15, -0.1) is 0 Å². The second kappa shape index (κ2) is 5.73. The van der Waals surface area contributed by atoms with Crippen molar-refractivity contribution < 1.29 is 14.7 Å². The first-order valence-corrected chi connectivity index (χ1v) is 7.05. The van der Waals surface area contributed by atoms with E-state index in [9.17, 15) is 9.59 Å². The third-order valence-electron chi connectivity index (χ3n) is 3.33. The van der Waals surface area contributed by atoms with Crippen molar-refractivity contribution in [3.8, 4) is 0 Å². The first-order chi connectivity index (χ1) is 8.22. The Kier molecular flexibility index (Phi) is 4.28. The number of hydrogen-bond acceptors (Lipinski definition) is 4. The molecule has 0 aromatic rings. The van der Waals surface area contributed by atoms with E-state index in [1.54, 1.807) is 0 Å². The zero-order chi connectivity index (χ0) is 12.3. The molecule has 96 valence electrons. The third-order valence-corrected chi connectivity index (χ3v) is 4.21. The highest BCUT2D eigenvalue weighted by Gasteiger charge is 2.35. The van der Waals surface area contributed by atoms with Crippen molar-refractivity contribution in [3.05, 3.63) is 0 Å². The molecule has 2 rings (SSSR count). The molecule has 2 amide bonds. The van der Waals surface area contributed by atoms with Crippen LogP contribution in [0.2, 0.25) is 0 Å². The normalized spacial score (nSPS) is 24.3. The molecular formula is C11H18N2O3S. The number of rotatable bonds is 5. The smallest absolute Gasteiger partial charge is 0.279 e.